The highest BCUT2D eigenvalue weighted by molar-refractivity contribution is 6.16. The molecule has 1 N–H and O–H groups in total. The molecular formula is C20H18N2O4. The van der Waals surface area contributed by atoms with Gasteiger partial charge in [-0.1, -0.05) is 36.4 Å². The zero-order valence-corrected chi connectivity index (χ0v) is 14.1. The molecule has 2 aliphatic heterocycles. The number of cyclic esters (lactones) is 1. The average Bonchev–Trinajstić information content (AvgIpc) is 3.02. The molecule has 2 aliphatic rings. The van der Waals surface area contributed by atoms with E-state index in [9.17, 15) is 9.59 Å². The molecule has 0 amide bonds. The maximum Gasteiger partial charge on any atom is 0.365 e. The third-order valence-corrected chi connectivity index (χ3v) is 4.82. The summed E-state index contributed by atoms with van der Waals surface area (Å²) in [5.74, 6) is -1.24. The van der Waals surface area contributed by atoms with Gasteiger partial charge in [0.05, 0.1) is 5.92 Å². The summed E-state index contributed by atoms with van der Waals surface area (Å²) in [6.07, 6.45) is 2.81. The molecule has 1 saturated heterocycles. The smallest absolute Gasteiger partial charge is 0.365 e. The summed E-state index contributed by atoms with van der Waals surface area (Å²) in [5.41, 5.74) is 1.03. The number of carbonyl (C=O) groups is 2. The van der Waals surface area contributed by atoms with Gasteiger partial charge in [0, 0.05) is 24.9 Å². The Kier molecular flexibility index (Phi) is 4.16. The number of rotatable bonds is 3. The average molecular weight is 350 g/mol. The lowest BCUT2D eigenvalue weighted by Gasteiger charge is -2.28. The number of ether oxygens (including phenoxy) is 1. The van der Waals surface area contributed by atoms with Crippen LogP contribution in [0.1, 0.15) is 18.4 Å². The van der Waals surface area contributed by atoms with Crippen LogP contribution < -0.4 is 0 Å². The molecule has 2 aromatic carbocycles. The van der Waals surface area contributed by atoms with Crippen molar-refractivity contribution in [3.05, 3.63) is 59.9 Å². The number of hydrogen-bond donors (Lipinski definition) is 1. The van der Waals surface area contributed by atoms with E-state index in [1.165, 1.54) is 0 Å². The first-order valence-corrected chi connectivity index (χ1v) is 8.59. The van der Waals surface area contributed by atoms with E-state index in [4.69, 9.17) is 9.84 Å². The highest BCUT2D eigenvalue weighted by Crippen LogP contribution is 2.25. The van der Waals surface area contributed by atoms with Gasteiger partial charge in [0.15, 0.2) is 5.70 Å². The SMILES string of the molecule is O=C1OC(c2cccc3ccccc23)=N/C1=C/N1CCC(C(=O)O)CC1. The van der Waals surface area contributed by atoms with Gasteiger partial charge in [0.1, 0.15) is 0 Å². The summed E-state index contributed by atoms with van der Waals surface area (Å²) in [5, 5.41) is 11.1. The molecule has 2 aromatic rings. The van der Waals surface area contributed by atoms with Crippen molar-refractivity contribution >= 4 is 28.6 Å². The maximum atomic E-state index is 12.2. The first kappa shape index (κ1) is 16.3. The standard InChI is InChI=1S/C20H18N2O4/c23-19(24)14-8-10-22(11-9-14)12-17-20(25)26-18(21-17)16-7-3-5-13-4-1-2-6-15(13)16/h1-7,12,14H,8-11H2,(H,23,24)/b17-12+. The molecule has 0 saturated carbocycles. The van der Waals surface area contributed by atoms with E-state index < -0.39 is 11.9 Å². The molecule has 4 rings (SSSR count). The summed E-state index contributed by atoms with van der Waals surface area (Å²) in [6, 6.07) is 13.7. The van der Waals surface area contributed by atoms with Crippen LogP contribution in [-0.2, 0) is 14.3 Å². The second kappa shape index (κ2) is 6.63. The van der Waals surface area contributed by atoms with Gasteiger partial charge >= 0.3 is 11.9 Å². The lowest BCUT2D eigenvalue weighted by molar-refractivity contribution is -0.143. The monoisotopic (exact) mass is 350 g/mol. The van der Waals surface area contributed by atoms with Gasteiger partial charge in [-0.05, 0) is 29.7 Å². The van der Waals surface area contributed by atoms with E-state index in [-0.39, 0.29) is 11.6 Å². The number of aliphatic carboxylic acids is 1. The number of likely N-dealkylation sites (tertiary alicyclic amines) is 1. The lowest BCUT2D eigenvalue weighted by Crippen LogP contribution is -2.33. The third-order valence-electron chi connectivity index (χ3n) is 4.82. The van der Waals surface area contributed by atoms with Gasteiger partial charge in [0.25, 0.3) is 0 Å². The normalized spacial score (nSPS) is 19.7. The molecule has 0 unspecified atom stereocenters. The van der Waals surface area contributed by atoms with E-state index in [1.54, 1.807) is 6.20 Å². The van der Waals surface area contributed by atoms with Gasteiger partial charge in [-0.3, -0.25) is 4.79 Å². The number of hydrogen-bond acceptors (Lipinski definition) is 5. The number of benzene rings is 2. The Hall–Kier alpha value is -3.15. The van der Waals surface area contributed by atoms with Crippen LogP contribution in [0.25, 0.3) is 10.8 Å². The van der Waals surface area contributed by atoms with Crippen molar-refractivity contribution in [3.63, 3.8) is 0 Å². The molecule has 2 heterocycles. The molecule has 132 valence electrons. The molecule has 0 spiro atoms. The molecule has 0 bridgehead atoms. The van der Waals surface area contributed by atoms with Crippen LogP contribution in [0.5, 0.6) is 0 Å². The number of fused-ring (bicyclic) bond motifs is 1. The largest absolute Gasteiger partial charge is 0.481 e. The van der Waals surface area contributed by atoms with Crippen molar-refractivity contribution in [2.45, 2.75) is 12.8 Å². The fourth-order valence-electron chi connectivity index (χ4n) is 3.38. The van der Waals surface area contributed by atoms with Crippen LogP contribution in [-0.4, -0.2) is 40.9 Å². The van der Waals surface area contributed by atoms with Gasteiger partial charge in [-0.2, -0.15) is 0 Å². The van der Waals surface area contributed by atoms with Crippen LogP contribution in [0, 0.1) is 5.92 Å². The topological polar surface area (TPSA) is 79.2 Å². The summed E-state index contributed by atoms with van der Waals surface area (Å²) in [6.45, 7) is 1.18. The first-order chi connectivity index (χ1) is 12.6. The zero-order valence-electron chi connectivity index (χ0n) is 14.1. The fourth-order valence-corrected chi connectivity index (χ4v) is 3.38. The maximum absolute atomic E-state index is 12.2. The Morgan fingerprint density at radius 1 is 1.15 bits per heavy atom. The molecule has 0 aliphatic carbocycles. The molecule has 1 fully saturated rings. The Labute approximate surface area is 150 Å². The molecule has 0 atom stereocenters. The number of piperidine rings is 1. The Morgan fingerprint density at radius 2 is 1.88 bits per heavy atom. The second-order valence-electron chi connectivity index (χ2n) is 6.50. The zero-order chi connectivity index (χ0) is 18.1. The lowest BCUT2D eigenvalue weighted by atomic mass is 9.97. The highest BCUT2D eigenvalue weighted by Gasteiger charge is 2.28. The van der Waals surface area contributed by atoms with Gasteiger partial charge in [-0.25, -0.2) is 9.79 Å². The van der Waals surface area contributed by atoms with Crippen LogP contribution >= 0.6 is 0 Å². The number of aliphatic imine (C=N–C) groups is 1. The molecular weight excluding hydrogens is 332 g/mol. The van der Waals surface area contributed by atoms with Crippen LogP contribution in [0.4, 0.5) is 0 Å². The summed E-state index contributed by atoms with van der Waals surface area (Å²) in [7, 11) is 0. The Bertz CT molecular complexity index is 934. The minimum Gasteiger partial charge on any atom is -0.481 e. The van der Waals surface area contributed by atoms with Crippen molar-refractivity contribution in [2.75, 3.05) is 13.1 Å². The second-order valence-corrected chi connectivity index (χ2v) is 6.50. The predicted octanol–water partition coefficient (Wildman–Crippen LogP) is 2.78. The van der Waals surface area contributed by atoms with Crippen molar-refractivity contribution in [1.82, 2.24) is 4.90 Å². The summed E-state index contributed by atoms with van der Waals surface area (Å²) >= 11 is 0. The van der Waals surface area contributed by atoms with Crippen molar-refractivity contribution in [1.29, 1.82) is 0 Å². The fraction of sp³-hybridized carbons (Fsp3) is 0.250. The number of nitrogens with zero attached hydrogens (tertiary/aromatic N) is 2. The van der Waals surface area contributed by atoms with Crippen LogP contribution in [0.15, 0.2) is 59.4 Å². The summed E-state index contributed by atoms with van der Waals surface area (Å²) in [4.78, 5) is 29.6. The number of esters is 1. The van der Waals surface area contributed by atoms with Gasteiger partial charge in [-0.15, -0.1) is 0 Å². The van der Waals surface area contributed by atoms with E-state index in [2.05, 4.69) is 4.99 Å². The van der Waals surface area contributed by atoms with Crippen LogP contribution in [0.3, 0.4) is 0 Å². The minimum atomic E-state index is -0.756. The first-order valence-electron chi connectivity index (χ1n) is 8.59. The Morgan fingerprint density at radius 3 is 2.65 bits per heavy atom. The Balaban J connectivity index is 1.59. The quantitative estimate of drug-likeness (QED) is 0.680. The van der Waals surface area contributed by atoms with Crippen LogP contribution in [0.2, 0.25) is 0 Å². The van der Waals surface area contributed by atoms with E-state index in [0.29, 0.717) is 31.8 Å². The number of carboxylic acid groups (broad SMARTS) is 1. The van der Waals surface area contributed by atoms with Crippen molar-refractivity contribution in [3.8, 4) is 0 Å². The number of carbonyl (C=O) groups excluding carboxylic acids is 1. The van der Waals surface area contributed by atoms with E-state index in [1.807, 2.05) is 47.4 Å². The van der Waals surface area contributed by atoms with E-state index >= 15 is 0 Å². The molecule has 6 heteroatoms. The van der Waals surface area contributed by atoms with Crippen molar-refractivity contribution in [2.24, 2.45) is 10.9 Å². The molecule has 26 heavy (non-hydrogen) atoms. The molecule has 0 aromatic heterocycles. The van der Waals surface area contributed by atoms with Crippen molar-refractivity contribution < 1.29 is 19.4 Å². The molecule has 0 radical (unpaired) electrons. The third kappa shape index (κ3) is 3.06. The minimum absolute atomic E-state index is 0.252. The number of carboxylic acids is 1. The van der Waals surface area contributed by atoms with E-state index in [0.717, 1.165) is 16.3 Å². The molecule has 6 nitrogen and oxygen atoms in total. The van der Waals surface area contributed by atoms with Gasteiger partial charge < -0.3 is 14.7 Å². The highest BCUT2D eigenvalue weighted by atomic mass is 16.6. The predicted molar refractivity (Wildman–Crippen MR) is 96.6 cm³/mol. The summed E-state index contributed by atoms with van der Waals surface area (Å²) < 4.78 is 5.39. The van der Waals surface area contributed by atoms with Gasteiger partial charge in [0.2, 0.25) is 5.90 Å².